The Morgan fingerprint density at radius 2 is 1.81 bits per heavy atom. The van der Waals surface area contributed by atoms with E-state index in [1.807, 2.05) is 31.2 Å². The van der Waals surface area contributed by atoms with E-state index in [2.05, 4.69) is 50.4 Å². The van der Waals surface area contributed by atoms with Crippen LogP contribution in [0.5, 0.6) is 0 Å². The number of carbonyl (C=O) groups is 2. The molecule has 0 fully saturated rings. The molecule has 1 aliphatic heterocycles. The number of para-hydroxylation sites is 2. The van der Waals surface area contributed by atoms with Gasteiger partial charge in [-0.1, -0.05) is 45.0 Å². The lowest BCUT2D eigenvalue weighted by Crippen LogP contribution is -2.40. The van der Waals surface area contributed by atoms with Crippen LogP contribution >= 0.6 is 11.8 Å². The van der Waals surface area contributed by atoms with Crippen molar-refractivity contribution in [2.24, 2.45) is 0 Å². The van der Waals surface area contributed by atoms with E-state index in [9.17, 15) is 9.59 Å². The van der Waals surface area contributed by atoms with Gasteiger partial charge in [0, 0.05) is 17.4 Å². The normalized spacial score (nSPS) is 17.1. The summed E-state index contributed by atoms with van der Waals surface area (Å²) in [7, 11) is 0. The lowest BCUT2D eigenvalue weighted by atomic mass is 9.87. The molecule has 3 rings (SSSR count). The van der Waals surface area contributed by atoms with Crippen LogP contribution in [0.1, 0.15) is 39.7 Å². The highest BCUT2D eigenvalue weighted by molar-refractivity contribution is 8.00. The molecule has 2 aromatic carbocycles. The summed E-state index contributed by atoms with van der Waals surface area (Å²) < 4.78 is 0. The molecule has 0 bridgehead atoms. The third-order valence-corrected chi connectivity index (χ3v) is 5.71. The van der Waals surface area contributed by atoms with Crippen LogP contribution < -0.4 is 10.2 Å². The molecule has 1 aliphatic rings. The van der Waals surface area contributed by atoms with E-state index in [0.29, 0.717) is 17.9 Å². The molecule has 0 aromatic heterocycles. The van der Waals surface area contributed by atoms with Crippen LogP contribution in [0.3, 0.4) is 0 Å². The van der Waals surface area contributed by atoms with Gasteiger partial charge in [0.15, 0.2) is 0 Å². The maximum absolute atomic E-state index is 13.0. The summed E-state index contributed by atoms with van der Waals surface area (Å²) in [6, 6.07) is 15.7. The van der Waals surface area contributed by atoms with E-state index in [1.54, 1.807) is 4.90 Å². The zero-order valence-corrected chi connectivity index (χ0v) is 17.1. The molecule has 142 valence electrons. The maximum atomic E-state index is 13.0. The van der Waals surface area contributed by atoms with Gasteiger partial charge in [0.05, 0.1) is 17.1 Å². The minimum Gasteiger partial charge on any atom is -0.324 e. The van der Waals surface area contributed by atoms with Gasteiger partial charge in [-0.25, -0.2) is 0 Å². The van der Waals surface area contributed by atoms with Gasteiger partial charge < -0.3 is 10.2 Å². The van der Waals surface area contributed by atoms with Crippen LogP contribution in [-0.4, -0.2) is 23.6 Å². The Balaban J connectivity index is 1.74. The molecule has 27 heavy (non-hydrogen) atoms. The van der Waals surface area contributed by atoms with Gasteiger partial charge in [0.2, 0.25) is 11.8 Å². The maximum Gasteiger partial charge on any atom is 0.237 e. The van der Waals surface area contributed by atoms with E-state index in [0.717, 1.165) is 10.6 Å². The molecule has 1 heterocycles. The highest BCUT2D eigenvalue weighted by atomic mass is 32.2. The first kappa shape index (κ1) is 19.5. The number of amides is 2. The van der Waals surface area contributed by atoms with Gasteiger partial charge in [-0.05, 0) is 42.2 Å². The molecule has 1 N–H and O–H groups in total. The predicted molar refractivity (Wildman–Crippen MR) is 113 cm³/mol. The van der Waals surface area contributed by atoms with Gasteiger partial charge in [-0.3, -0.25) is 9.59 Å². The number of rotatable bonds is 3. The summed E-state index contributed by atoms with van der Waals surface area (Å²) in [4.78, 5) is 27.9. The van der Waals surface area contributed by atoms with Crippen molar-refractivity contribution in [1.29, 1.82) is 0 Å². The number of thioether (sulfide) groups is 1. The zero-order valence-electron chi connectivity index (χ0n) is 16.3. The van der Waals surface area contributed by atoms with Gasteiger partial charge in [-0.15, -0.1) is 11.8 Å². The average Bonchev–Trinajstić information content (AvgIpc) is 2.73. The van der Waals surface area contributed by atoms with Gasteiger partial charge in [0.25, 0.3) is 0 Å². The lowest BCUT2D eigenvalue weighted by molar-refractivity contribution is -0.117. The van der Waals surface area contributed by atoms with Crippen molar-refractivity contribution in [2.75, 3.05) is 16.0 Å². The Hall–Kier alpha value is -2.27. The molecule has 0 radical (unpaired) electrons. The van der Waals surface area contributed by atoms with Crippen molar-refractivity contribution in [1.82, 2.24) is 0 Å². The molecular weight excluding hydrogens is 356 g/mol. The van der Waals surface area contributed by atoms with E-state index in [-0.39, 0.29) is 23.3 Å². The second kappa shape index (κ2) is 7.77. The van der Waals surface area contributed by atoms with Gasteiger partial charge in [-0.2, -0.15) is 0 Å². The fourth-order valence-electron chi connectivity index (χ4n) is 3.23. The third kappa shape index (κ3) is 4.53. The smallest absolute Gasteiger partial charge is 0.237 e. The standard InChI is InChI=1S/C22H26N2O2S/c1-15-13-20(25)23-18-7-5-6-8-19(18)24(15)21(26)14-27-17-11-9-16(10-12-17)22(2,3)4/h5-12,15H,13-14H2,1-4H3,(H,23,25)/t15-/m1/s1. The van der Waals surface area contributed by atoms with Crippen LogP contribution in [-0.2, 0) is 15.0 Å². The number of nitrogens with one attached hydrogen (secondary N) is 1. The third-order valence-electron chi connectivity index (χ3n) is 4.71. The predicted octanol–water partition coefficient (Wildman–Crippen LogP) is 4.84. The largest absolute Gasteiger partial charge is 0.324 e. The summed E-state index contributed by atoms with van der Waals surface area (Å²) in [6.07, 6.45) is 0.297. The SMILES string of the molecule is C[C@@H]1CC(=O)Nc2ccccc2N1C(=O)CSc1ccc(C(C)(C)C)cc1. The van der Waals surface area contributed by atoms with Crippen LogP contribution in [0.25, 0.3) is 0 Å². The first-order chi connectivity index (χ1) is 12.8. The number of anilines is 2. The zero-order chi connectivity index (χ0) is 19.6. The van der Waals surface area contributed by atoms with Crippen molar-refractivity contribution < 1.29 is 9.59 Å². The molecular formula is C22H26N2O2S. The van der Waals surface area contributed by atoms with Crippen LogP contribution in [0, 0.1) is 0 Å². The number of hydrogen-bond donors (Lipinski definition) is 1. The molecule has 5 heteroatoms. The monoisotopic (exact) mass is 382 g/mol. The highest BCUT2D eigenvalue weighted by Crippen LogP contribution is 2.32. The number of nitrogens with zero attached hydrogens (tertiary/aromatic N) is 1. The molecule has 4 nitrogen and oxygen atoms in total. The van der Waals surface area contributed by atoms with E-state index in [4.69, 9.17) is 0 Å². The minimum absolute atomic E-state index is 0.0105. The van der Waals surface area contributed by atoms with Crippen molar-refractivity contribution >= 4 is 35.0 Å². The Morgan fingerprint density at radius 3 is 2.48 bits per heavy atom. The van der Waals surface area contributed by atoms with E-state index >= 15 is 0 Å². The van der Waals surface area contributed by atoms with Crippen molar-refractivity contribution in [2.45, 2.75) is 50.5 Å². The Morgan fingerprint density at radius 1 is 1.15 bits per heavy atom. The van der Waals surface area contributed by atoms with Gasteiger partial charge in [0.1, 0.15) is 0 Å². The van der Waals surface area contributed by atoms with Crippen LogP contribution in [0.4, 0.5) is 11.4 Å². The second-order valence-electron chi connectivity index (χ2n) is 7.95. The molecule has 0 saturated heterocycles. The molecule has 0 aliphatic carbocycles. The van der Waals surface area contributed by atoms with E-state index < -0.39 is 0 Å². The molecule has 1 atom stereocenters. The summed E-state index contributed by atoms with van der Waals surface area (Å²) >= 11 is 1.53. The first-order valence-corrected chi connectivity index (χ1v) is 10.2. The summed E-state index contributed by atoms with van der Waals surface area (Å²) in [5.41, 5.74) is 2.85. The number of hydrogen-bond acceptors (Lipinski definition) is 3. The number of fused-ring (bicyclic) bond motifs is 1. The Bertz CT molecular complexity index is 840. The first-order valence-electron chi connectivity index (χ1n) is 9.20. The fourth-order valence-corrected chi connectivity index (χ4v) is 3.99. The molecule has 2 amide bonds. The highest BCUT2D eigenvalue weighted by Gasteiger charge is 2.29. The lowest BCUT2D eigenvalue weighted by Gasteiger charge is -2.27. The molecule has 0 spiro atoms. The summed E-state index contributed by atoms with van der Waals surface area (Å²) in [5.74, 6) is 0.286. The quantitative estimate of drug-likeness (QED) is 0.773. The van der Waals surface area contributed by atoms with Crippen LogP contribution in [0.2, 0.25) is 0 Å². The van der Waals surface area contributed by atoms with Crippen molar-refractivity contribution in [3.63, 3.8) is 0 Å². The summed E-state index contributed by atoms with van der Waals surface area (Å²) in [5, 5.41) is 2.89. The second-order valence-corrected chi connectivity index (χ2v) is 8.99. The topological polar surface area (TPSA) is 49.4 Å². The Kier molecular flexibility index (Phi) is 5.61. The molecule has 0 saturated carbocycles. The van der Waals surface area contributed by atoms with Gasteiger partial charge >= 0.3 is 0 Å². The van der Waals surface area contributed by atoms with Crippen molar-refractivity contribution in [3.05, 3.63) is 54.1 Å². The molecule has 2 aromatic rings. The number of carbonyl (C=O) groups excluding carboxylic acids is 2. The van der Waals surface area contributed by atoms with Crippen LogP contribution in [0.15, 0.2) is 53.4 Å². The summed E-state index contributed by atoms with van der Waals surface area (Å²) in [6.45, 7) is 8.48. The average molecular weight is 383 g/mol. The van der Waals surface area contributed by atoms with E-state index in [1.165, 1.54) is 17.3 Å². The number of benzene rings is 2. The minimum atomic E-state index is -0.176. The molecule has 0 unspecified atom stereocenters. The fraction of sp³-hybridized carbons (Fsp3) is 0.364. The Labute approximate surface area is 165 Å². The van der Waals surface area contributed by atoms with Crippen molar-refractivity contribution in [3.8, 4) is 0 Å².